The van der Waals surface area contributed by atoms with Crippen LogP contribution in [0.1, 0.15) is 27.8 Å². The van der Waals surface area contributed by atoms with Crippen LogP contribution in [0.25, 0.3) is 43.7 Å². The summed E-state index contributed by atoms with van der Waals surface area (Å²) in [4.78, 5) is 18.3. The van der Waals surface area contributed by atoms with E-state index in [-0.39, 0.29) is 0 Å². The Morgan fingerprint density at radius 2 is 1.25 bits per heavy atom. The molecule has 0 unspecified atom stereocenters. The Hall–Kier alpha value is -7.65. The summed E-state index contributed by atoms with van der Waals surface area (Å²) < 4.78 is 8.85. The Bertz CT molecular complexity index is 3270. The normalized spacial score (nSPS) is 13.8. The number of aromatic nitrogens is 3. The van der Waals surface area contributed by atoms with Crippen LogP contribution < -0.4 is 9.64 Å². The maximum absolute atomic E-state index is 9.86. The van der Waals surface area contributed by atoms with Gasteiger partial charge in [-0.1, -0.05) is 84.6 Å². The molecule has 0 saturated heterocycles. The molecule has 1 aliphatic carbocycles. The van der Waals surface area contributed by atoms with Crippen LogP contribution in [0, 0.1) is 17.9 Å². The second-order valence-corrected chi connectivity index (χ2v) is 15.3. The van der Waals surface area contributed by atoms with Gasteiger partial charge in [-0.05, 0) is 94.4 Å². The number of ether oxygens (including phenoxy) is 1. The summed E-state index contributed by atoms with van der Waals surface area (Å²) in [5.74, 6) is 1.33. The third kappa shape index (κ3) is 4.14. The first-order chi connectivity index (χ1) is 28.2. The average Bonchev–Trinajstić information content (AvgIpc) is 3.75. The van der Waals surface area contributed by atoms with Crippen molar-refractivity contribution in [1.82, 2.24) is 14.5 Å². The van der Waals surface area contributed by atoms with E-state index in [2.05, 4.69) is 105 Å². The van der Waals surface area contributed by atoms with E-state index in [4.69, 9.17) is 21.3 Å². The highest BCUT2D eigenvalue weighted by molar-refractivity contribution is 7.99. The fraction of sp³-hybridized carbons (Fsp3) is 0.0204. The monoisotopic (exact) mass is 746 g/mol. The second-order valence-electron chi connectivity index (χ2n) is 14.3. The Kier molecular flexibility index (Phi) is 6.49. The minimum absolute atomic E-state index is 0.531. The van der Waals surface area contributed by atoms with E-state index in [1.807, 2.05) is 73.1 Å². The van der Waals surface area contributed by atoms with Crippen LogP contribution in [0.4, 0.5) is 22.7 Å². The molecule has 0 atom stereocenters. The molecule has 3 aliphatic rings. The van der Waals surface area contributed by atoms with E-state index < -0.39 is 5.41 Å². The van der Waals surface area contributed by atoms with Gasteiger partial charge in [-0.25, -0.2) is 4.85 Å². The molecule has 6 aromatic carbocycles. The highest BCUT2D eigenvalue weighted by Gasteiger charge is 2.53. The molecule has 0 saturated carbocycles. The lowest BCUT2D eigenvalue weighted by Gasteiger charge is -2.42. The van der Waals surface area contributed by atoms with Gasteiger partial charge in [-0.2, -0.15) is 5.26 Å². The van der Waals surface area contributed by atoms with Crippen molar-refractivity contribution in [2.75, 3.05) is 4.90 Å². The molecule has 0 N–H and O–H groups in total. The van der Waals surface area contributed by atoms with Crippen LogP contribution in [0.3, 0.4) is 0 Å². The van der Waals surface area contributed by atoms with Crippen molar-refractivity contribution in [2.24, 2.45) is 0 Å². The highest BCUT2D eigenvalue weighted by atomic mass is 32.2. The first-order valence-corrected chi connectivity index (χ1v) is 19.4. The number of benzene rings is 6. The van der Waals surface area contributed by atoms with E-state index in [0.717, 1.165) is 88.0 Å². The van der Waals surface area contributed by atoms with Gasteiger partial charge in [0.1, 0.15) is 0 Å². The molecule has 57 heavy (non-hydrogen) atoms. The highest BCUT2D eigenvalue weighted by Crippen LogP contribution is 2.65. The van der Waals surface area contributed by atoms with Gasteiger partial charge in [-0.3, -0.25) is 9.97 Å². The van der Waals surface area contributed by atoms with E-state index in [1.165, 1.54) is 0 Å². The standard InChI is InChI=1S/C49H26N6OS/c1-51-30-21-23-38-32(27-30)31-10-2-3-15-37(31)54(38)41-17-6-11-35-47(41)57-48-36(49(35)33-13-8-24-52-45(33)46-34(49)14-9-25-53-46)12-7-18-42(48)55-39-16-4-5-19-43(39)56-44-26-29(28-50)20-22-40(44)55/h2-27H. The molecular formula is C49H26N6OS. The summed E-state index contributed by atoms with van der Waals surface area (Å²) in [6.45, 7) is 7.80. The smallest absolute Gasteiger partial charge is 0.188 e. The molecule has 5 heterocycles. The fourth-order valence-electron chi connectivity index (χ4n) is 9.35. The lowest BCUT2D eigenvalue weighted by Crippen LogP contribution is -2.33. The van der Waals surface area contributed by atoms with Gasteiger partial charge < -0.3 is 14.2 Å². The molecule has 9 aromatic rings. The van der Waals surface area contributed by atoms with Gasteiger partial charge in [0.2, 0.25) is 0 Å². The Morgan fingerprint density at radius 1 is 0.596 bits per heavy atom. The molecule has 264 valence electrons. The van der Waals surface area contributed by atoms with Gasteiger partial charge in [0.15, 0.2) is 17.2 Å². The summed E-state index contributed by atoms with van der Waals surface area (Å²) in [5.41, 5.74) is 12.5. The SMILES string of the molecule is [C-]#[N+]c1ccc2c(c1)c1ccccc1n2-c1cccc2c1Sc1c(N3c4ccccc4Oc4cc(C#N)ccc43)cccc1C21c2cccnc2-c2ncccc21. The first-order valence-electron chi connectivity index (χ1n) is 18.6. The lowest BCUT2D eigenvalue weighted by atomic mass is 9.67. The maximum atomic E-state index is 9.86. The maximum Gasteiger partial charge on any atom is 0.188 e. The summed E-state index contributed by atoms with van der Waals surface area (Å²) >= 11 is 1.77. The molecule has 12 rings (SSSR count). The number of rotatable bonds is 2. The zero-order chi connectivity index (χ0) is 37.8. The van der Waals surface area contributed by atoms with Gasteiger partial charge in [0.25, 0.3) is 0 Å². The molecule has 2 aliphatic heterocycles. The Labute approximate surface area is 331 Å². The largest absolute Gasteiger partial charge is 0.453 e. The van der Waals surface area contributed by atoms with Crippen molar-refractivity contribution in [2.45, 2.75) is 15.2 Å². The van der Waals surface area contributed by atoms with Gasteiger partial charge >= 0.3 is 0 Å². The number of nitrogens with zero attached hydrogens (tertiary/aromatic N) is 6. The Morgan fingerprint density at radius 3 is 2.02 bits per heavy atom. The first kappa shape index (κ1) is 31.7. The predicted molar refractivity (Wildman–Crippen MR) is 224 cm³/mol. The van der Waals surface area contributed by atoms with E-state index >= 15 is 0 Å². The van der Waals surface area contributed by atoms with Crippen LogP contribution in [-0.2, 0) is 5.41 Å². The zero-order valence-corrected chi connectivity index (χ0v) is 30.8. The molecule has 0 amide bonds. The van der Waals surface area contributed by atoms with Crippen molar-refractivity contribution >= 4 is 56.3 Å². The van der Waals surface area contributed by atoms with Gasteiger partial charge in [-0.15, -0.1) is 0 Å². The number of nitriles is 1. The summed E-state index contributed by atoms with van der Waals surface area (Å²) in [7, 11) is 0. The van der Waals surface area contributed by atoms with Crippen molar-refractivity contribution < 1.29 is 4.74 Å². The third-order valence-corrected chi connectivity index (χ3v) is 12.8. The van der Waals surface area contributed by atoms with Crippen LogP contribution in [0.5, 0.6) is 11.5 Å². The topological polar surface area (TPSA) is 71.3 Å². The Balaban J connectivity index is 1.22. The van der Waals surface area contributed by atoms with E-state index in [1.54, 1.807) is 11.8 Å². The molecule has 3 aromatic heterocycles. The molecule has 1 spiro atoms. The number of para-hydroxylation sites is 3. The van der Waals surface area contributed by atoms with Crippen molar-refractivity contribution in [3.63, 3.8) is 0 Å². The summed E-state index contributed by atoms with van der Waals surface area (Å²) in [5, 5.41) is 12.0. The quantitative estimate of drug-likeness (QED) is 0.164. The molecule has 8 heteroatoms. The van der Waals surface area contributed by atoms with Gasteiger partial charge in [0, 0.05) is 33.6 Å². The van der Waals surface area contributed by atoms with E-state index in [0.29, 0.717) is 22.7 Å². The fourth-order valence-corrected chi connectivity index (χ4v) is 10.7. The van der Waals surface area contributed by atoms with Crippen LogP contribution in [0.15, 0.2) is 168 Å². The molecular weight excluding hydrogens is 721 g/mol. The summed E-state index contributed by atoms with van der Waals surface area (Å²) in [6.07, 6.45) is 3.71. The molecule has 0 fully saturated rings. The predicted octanol–water partition coefficient (Wildman–Crippen LogP) is 12.4. The molecule has 7 nitrogen and oxygen atoms in total. The number of pyridine rings is 2. The van der Waals surface area contributed by atoms with E-state index in [9.17, 15) is 5.26 Å². The second kappa shape index (κ2) is 11.7. The molecule has 0 bridgehead atoms. The zero-order valence-electron chi connectivity index (χ0n) is 30.0. The minimum atomic E-state index is -0.759. The third-order valence-electron chi connectivity index (χ3n) is 11.6. The number of fused-ring (bicyclic) bond motifs is 14. The summed E-state index contributed by atoms with van der Waals surface area (Å²) in [6, 6.07) is 52.2. The minimum Gasteiger partial charge on any atom is -0.453 e. The number of hydrogen-bond donors (Lipinski definition) is 0. The van der Waals surface area contributed by atoms with Crippen molar-refractivity contribution in [1.29, 1.82) is 5.26 Å². The average molecular weight is 747 g/mol. The molecule has 0 radical (unpaired) electrons. The van der Waals surface area contributed by atoms with Gasteiger partial charge in [0.05, 0.1) is 68.8 Å². The number of anilines is 3. The van der Waals surface area contributed by atoms with Crippen LogP contribution >= 0.6 is 11.8 Å². The van der Waals surface area contributed by atoms with Crippen molar-refractivity contribution in [3.8, 4) is 34.6 Å². The van der Waals surface area contributed by atoms with Crippen molar-refractivity contribution in [3.05, 3.63) is 197 Å². The lowest BCUT2D eigenvalue weighted by molar-refractivity contribution is 0.476. The van der Waals surface area contributed by atoms with Crippen LogP contribution in [0.2, 0.25) is 0 Å². The van der Waals surface area contributed by atoms with Crippen LogP contribution in [-0.4, -0.2) is 14.5 Å². The number of hydrogen-bond acceptors (Lipinski definition) is 6.